The number of ether oxygens (including phenoxy) is 2. The number of rotatable bonds is 13. The van der Waals surface area contributed by atoms with Gasteiger partial charge in [0.15, 0.2) is 0 Å². The van der Waals surface area contributed by atoms with E-state index >= 15 is 0 Å². The number of carbonyl (C=O) groups excluding carboxylic acids is 3. The second kappa shape index (κ2) is 13.4. The fourth-order valence-electron chi connectivity index (χ4n) is 2.47. The van der Waals surface area contributed by atoms with Crippen molar-refractivity contribution in [2.24, 2.45) is 0 Å². The smallest absolute Gasteiger partial charge is 0.410 e. The average molecular weight is 447 g/mol. The van der Waals surface area contributed by atoms with E-state index in [1.165, 1.54) is 12.1 Å². The molecule has 0 fully saturated rings. The van der Waals surface area contributed by atoms with Crippen LogP contribution >= 0.6 is 11.6 Å². The molecular weight excluding hydrogens is 423 g/mol. The van der Waals surface area contributed by atoms with E-state index in [1.54, 1.807) is 6.92 Å². The van der Waals surface area contributed by atoms with Gasteiger partial charge in [-0.15, -0.1) is 0 Å². The lowest BCUT2D eigenvalue weighted by atomic mass is 10.2. The Balaban J connectivity index is 2.40. The van der Waals surface area contributed by atoms with Crippen molar-refractivity contribution in [3.8, 4) is 0 Å². The number of carbonyl (C=O) groups is 4. The van der Waals surface area contributed by atoms with Crippen molar-refractivity contribution in [2.75, 3.05) is 6.54 Å². The SMILES string of the molecule is CCC[C@H](NC(=O)O[C@@H](CCCCNC(=O)c1ccc(Cl)cc1F)OC=O)C(=O)O. The van der Waals surface area contributed by atoms with E-state index in [0.717, 1.165) is 6.07 Å². The summed E-state index contributed by atoms with van der Waals surface area (Å²) in [6.07, 6.45) is -0.514. The monoisotopic (exact) mass is 446 g/mol. The van der Waals surface area contributed by atoms with Gasteiger partial charge in [-0.05, 0) is 37.5 Å². The van der Waals surface area contributed by atoms with Crippen LogP contribution in [0, 0.1) is 5.82 Å². The summed E-state index contributed by atoms with van der Waals surface area (Å²) in [5.41, 5.74) is -0.137. The molecular formula is C19H24ClFN2O7. The number of aliphatic carboxylic acids is 1. The Morgan fingerprint density at radius 2 is 2.00 bits per heavy atom. The fourth-order valence-corrected chi connectivity index (χ4v) is 2.62. The summed E-state index contributed by atoms with van der Waals surface area (Å²) in [6, 6.07) is 2.60. The van der Waals surface area contributed by atoms with E-state index in [-0.39, 0.29) is 36.4 Å². The number of alkyl carbamates (subject to hydrolysis) is 1. The summed E-state index contributed by atoms with van der Waals surface area (Å²) >= 11 is 5.64. The number of benzene rings is 1. The summed E-state index contributed by atoms with van der Waals surface area (Å²) in [5.74, 6) is -2.53. The first-order valence-electron chi connectivity index (χ1n) is 9.30. The van der Waals surface area contributed by atoms with Gasteiger partial charge in [-0.25, -0.2) is 14.0 Å². The molecule has 9 nitrogen and oxygen atoms in total. The Morgan fingerprint density at radius 3 is 2.60 bits per heavy atom. The van der Waals surface area contributed by atoms with Gasteiger partial charge in [0.1, 0.15) is 11.9 Å². The Morgan fingerprint density at radius 1 is 1.27 bits per heavy atom. The van der Waals surface area contributed by atoms with Gasteiger partial charge in [0.2, 0.25) is 6.29 Å². The van der Waals surface area contributed by atoms with Crippen LogP contribution < -0.4 is 10.6 Å². The molecule has 2 atom stereocenters. The minimum absolute atomic E-state index is 0.115. The first-order valence-corrected chi connectivity index (χ1v) is 9.68. The number of amides is 2. The molecule has 0 aliphatic heterocycles. The van der Waals surface area contributed by atoms with Gasteiger partial charge in [0.25, 0.3) is 12.4 Å². The maximum absolute atomic E-state index is 13.7. The predicted octanol–water partition coefficient (Wildman–Crippen LogP) is 2.86. The number of carboxylic acids is 1. The predicted molar refractivity (Wildman–Crippen MR) is 104 cm³/mol. The maximum Gasteiger partial charge on any atom is 0.410 e. The lowest BCUT2D eigenvalue weighted by Crippen LogP contribution is -2.42. The number of unbranched alkanes of at least 4 members (excludes halogenated alkanes) is 1. The molecule has 1 aromatic rings. The van der Waals surface area contributed by atoms with Gasteiger partial charge in [0, 0.05) is 18.0 Å². The molecule has 0 bridgehead atoms. The second-order valence-electron chi connectivity index (χ2n) is 6.27. The quantitative estimate of drug-likeness (QED) is 0.241. The Labute approximate surface area is 177 Å². The van der Waals surface area contributed by atoms with E-state index in [9.17, 15) is 23.6 Å². The van der Waals surface area contributed by atoms with Crippen LogP contribution in [0.5, 0.6) is 0 Å². The summed E-state index contributed by atoms with van der Waals surface area (Å²) in [7, 11) is 0. The zero-order valence-corrected chi connectivity index (χ0v) is 17.1. The second-order valence-corrected chi connectivity index (χ2v) is 6.70. The van der Waals surface area contributed by atoms with E-state index in [2.05, 4.69) is 15.4 Å². The van der Waals surface area contributed by atoms with Crippen LogP contribution in [0.25, 0.3) is 0 Å². The summed E-state index contributed by atoms with van der Waals surface area (Å²) in [5, 5.41) is 13.9. The van der Waals surface area contributed by atoms with Gasteiger partial charge in [0.05, 0.1) is 5.56 Å². The van der Waals surface area contributed by atoms with E-state index in [4.69, 9.17) is 21.4 Å². The Hall–Kier alpha value is -2.88. The zero-order chi connectivity index (χ0) is 22.5. The highest BCUT2D eigenvalue weighted by Crippen LogP contribution is 2.14. The van der Waals surface area contributed by atoms with Crippen molar-refractivity contribution in [3.05, 3.63) is 34.6 Å². The Kier molecular flexibility index (Phi) is 11.2. The number of nitrogens with one attached hydrogen (secondary N) is 2. The van der Waals surface area contributed by atoms with Crippen LogP contribution in [0.15, 0.2) is 18.2 Å². The number of hydrogen-bond donors (Lipinski definition) is 3. The molecule has 11 heteroatoms. The highest BCUT2D eigenvalue weighted by molar-refractivity contribution is 6.30. The highest BCUT2D eigenvalue weighted by atomic mass is 35.5. The molecule has 0 radical (unpaired) electrons. The molecule has 0 heterocycles. The molecule has 0 aliphatic rings. The van der Waals surface area contributed by atoms with Crippen molar-refractivity contribution in [1.82, 2.24) is 10.6 Å². The van der Waals surface area contributed by atoms with Crippen LogP contribution in [-0.4, -0.2) is 48.4 Å². The molecule has 1 rings (SSSR count). The van der Waals surface area contributed by atoms with Crippen LogP contribution in [0.1, 0.15) is 49.4 Å². The van der Waals surface area contributed by atoms with Gasteiger partial charge >= 0.3 is 12.1 Å². The molecule has 2 amide bonds. The fraction of sp³-hybridized carbons (Fsp3) is 0.474. The van der Waals surface area contributed by atoms with Crippen molar-refractivity contribution >= 4 is 36.0 Å². The summed E-state index contributed by atoms with van der Waals surface area (Å²) in [6.45, 7) is 2.09. The average Bonchev–Trinajstić information content (AvgIpc) is 2.67. The third-order valence-corrected chi connectivity index (χ3v) is 4.18. The molecule has 0 saturated heterocycles. The van der Waals surface area contributed by atoms with Crippen molar-refractivity contribution in [2.45, 2.75) is 51.4 Å². The van der Waals surface area contributed by atoms with E-state index in [1.807, 2.05) is 0 Å². The first kappa shape index (κ1) is 25.2. The third-order valence-electron chi connectivity index (χ3n) is 3.94. The molecule has 0 aromatic heterocycles. The normalized spacial score (nSPS) is 12.4. The third kappa shape index (κ3) is 9.08. The van der Waals surface area contributed by atoms with Crippen LogP contribution in [0.3, 0.4) is 0 Å². The number of hydrogen-bond acceptors (Lipinski definition) is 6. The zero-order valence-electron chi connectivity index (χ0n) is 16.4. The Bertz CT molecular complexity index is 748. The number of halogens is 2. The highest BCUT2D eigenvalue weighted by Gasteiger charge is 2.22. The maximum atomic E-state index is 13.7. The minimum atomic E-state index is -1.21. The topological polar surface area (TPSA) is 131 Å². The van der Waals surface area contributed by atoms with E-state index in [0.29, 0.717) is 19.3 Å². The van der Waals surface area contributed by atoms with Crippen molar-refractivity contribution < 1.29 is 38.1 Å². The molecule has 0 unspecified atom stereocenters. The molecule has 0 spiro atoms. The van der Waals surface area contributed by atoms with Gasteiger partial charge in [-0.2, -0.15) is 0 Å². The molecule has 0 saturated carbocycles. The first-order chi connectivity index (χ1) is 14.3. The summed E-state index contributed by atoms with van der Waals surface area (Å²) in [4.78, 5) is 45.4. The van der Waals surface area contributed by atoms with Crippen molar-refractivity contribution in [1.29, 1.82) is 0 Å². The van der Waals surface area contributed by atoms with Crippen LogP contribution in [-0.2, 0) is 19.1 Å². The molecule has 30 heavy (non-hydrogen) atoms. The number of carboxylic acid groups (broad SMARTS) is 1. The molecule has 0 aliphatic carbocycles. The summed E-state index contributed by atoms with van der Waals surface area (Å²) < 4.78 is 23.3. The van der Waals surface area contributed by atoms with Gasteiger partial charge < -0.3 is 25.2 Å². The van der Waals surface area contributed by atoms with Crippen molar-refractivity contribution in [3.63, 3.8) is 0 Å². The minimum Gasteiger partial charge on any atom is -0.480 e. The van der Waals surface area contributed by atoms with Crippen LogP contribution in [0.2, 0.25) is 5.02 Å². The standard InChI is InChI=1S/C19H24ClFN2O7/c1-2-5-15(18(26)27)23-19(28)30-16(29-11-24)6-3-4-9-22-17(25)13-8-7-12(20)10-14(13)21/h7-8,10-11,15-16H,2-6,9H2,1H3,(H,22,25)(H,23,28)(H,26,27)/t15-,16-/m0/s1. The van der Waals surface area contributed by atoms with Gasteiger partial charge in [-0.3, -0.25) is 9.59 Å². The lowest BCUT2D eigenvalue weighted by molar-refractivity contribution is -0.154. The molecule has 1 aromatic carbocycles. The molecule has 3 N–H and O–H groups in total. The van der Waals surface area contributed by atoms with Gasteiger partial charge in [-0.1, -0.05) is 24.9 Å². The molecule has 166 valence electrons. The lowest BCUT2D eigenvalue weighted by Gasteiger charge is -2.18. The largest absolute Gasteiger partial charge is 0.480 e. The van der Waals surface area contributed by atoms with E-state index < -0.39 is 36.1 Å². The van der Waals surface area contributed by atoms with Crippen LogP contribution in [0.4, 0.5) is 9.18 Å².